The Hall–Kier alpha value is -0.830. The smallest absolute Gasteiger partial charge is 0.178 e. The van der Waals surface area contributed by atoms with E-state index < -0.39 is 6.04 Å². The number of hydrogen-bond acceptors (Lipinski definition) is 3. The van der Waals surface area contributed by atoms with Crippen molar-refractivity contribution >= 4 is 5.78 Å². The third-order valence-corrected chi connectivity index (χ3v) is 1.44. The number of hydrogen-bond donors (Lipinski definition) is 1. The fourth-order valence-corrected chi connectivity index (χ4v) is 0.861. The van der Waals surface area contributed by atoms with E-state index in [-0.39, 0.29) is 5.78 Å². The first-order valence-electron chi connectivity index (χ1n) is 3.32. The van der Waals surface area contributed by atoms with Crippen LogP contribution in [0.2, 0.25) is 0 Å². The fourth-order valence-electron chi connectivity index (χ4n) is 0.861. The average Bonchev–Trinajstić information content (AvgIpc) is 2.36. The van der Waals surface area contributed by atoms with Crippen LogP contribution in [-0.2, 0) is 9.53 Å². The van der Waals surface area contributed by atoms with Gasteiger partial charge in [-0.1, -0.05) is 0 Å². The molecule has 1 aliphatic rings. The lowest BCUT2D eigenvalue weighted by Gasteiger charge is -2.01. The van der Waals surface area contributed by atoms with Gasteiger partial charge in [-0.25, -0.2) is 0 Å². The third-order valence-electron chi connectivity index (χ3n) is 1.44. The summed E-state index contributed by atoms with van der Waals surface area (Å²) in [7, 11) is 0. The van der Waals surface area contributed by atoms with Crippen LogP contribution in [0.25, 0.3) is 0 Å². The Morgan fingerprint density at radius 2 is 2.60 bits per heavy atom. The van der Waals surface area contributed by atoms with E-state index in [1.54, 1.807) is 6.92 Å². The molecule has 3 nitrogen and oxygen atoms in total. The minimum atomic E-state index is -0.395. The summed E-state index contributed by atoms with van der Waals surface area (Å²) in [5, 5.41) is 0. The average molecular weight is 141 g/mol. The number of Topliss-reactive ketones (excluding diaryl/α,β-unsaturated/α-hetero) is 1. The molecule has 0 saturated carbocycles. The van der Waals surface area contributed by atoms with Gasteiger partial charge in [-0.15, -0.1) is 0 Å². The molecular weight excluding hydrogens is 130 g/mol. The van der Waals surface area contributed by atoms with Crippen molar-refractivity contribution in [2.24, 2.45) is 5.73 Å². The molecule has 1 rings (SSSR count). The topological polar surface area (TPSA) is 52.3 Å². The first-order valence-corrected chi connectivity index (χ1v) is 3.32. The van der Waals surface area contributed by atoms with Crippen LogP contribution in [0.1, 0.15) is 13.3 Å². The molecule has 0 spiro atoms. The van der Waals surface area contributed by atoms with Crippen LogP contribution in [-0.4, -0.2) is 18.4 Å². The van der Waals surface area contributed by atoms with E-state index in [0.29, 0.717) is 13.0 Å². The van der Waals surface area contributed by atoms with Crippen molar-refractivity contribution in [1.29, 1.82) is 0 Å². The fraction of sp³-hybridized carbons (Fsp3) is 0.571. The van der Waals surface area contributed by atoms with Crippen molar-refractivity contribution in [2.75, 3.05) is 6.61 Å². The number of ether oxygens (including phenoxy) is 1. The minimum absolute atomic E-state index is 0.00231. The van der Waals surface area contributed by atoms with E-state index in [1.165, 1.54) is 6.26 Å². The van der Waals surface area contributed by atoms with Crippen LogP contribution in [0.4, 0.5) is 0 Å². The molecule has 0 amide bonds. The molecule has 0 aromatic heterocycles. The van der Waals surface area contributed by atoms with Gasteiger partial charge in [-0.3, -0.25) is 4.79 Å². The molecular formula is C7H11NO2. The molecule has 10 heavy (non-hydrogen) atoms. The zero-order valence-electron chi connectivity index (χ0n) is 5.96. The number of ketones is 1. The van der Waals surface area contributed by atoms with Crippen molar-refractivity contribution in [2.45, 2.75) is 19.4 Å². The lowest BCUT2D eigenvalue weighted by atomic mass is 10.1. The highest BCUT2D eigenvalue weighted by Gasteiger charge is 2.17. The summed E-state index contributed by atoms with van der Waals surface area (Å²) in [4.78, 5) is 11.1. The molecule has 3 heteroatoms. The normalized spacial score (nSPS) is 19.6. The standard InChI is InChI=1S/C7H11NO2/c1-5(8)7(9)6-2-3-10-4-6/h4-5H,2-3,8H2,1H3/t5-/m1/s1. The molecule has 0 aromatic rings. The van der Waals surface area contributed by atoms with Crippen LogP contribution in [0.3, 0.4) is 0 Å². The van der Waals surface area contributed by atoms with Crippen LogP contribution in [0, 0.1) is 0 Å². The highest BCUT2D eigenvalue weighted by molar-refractivity contribution is 5.99. The first-order chi connectivity index (χ1) is 4.72. The lowest BCUT2D eigenvalue weighted by Crippen LogP contribution is -2.27. The maximum atomic E-state index is 11.1. The summed E-state index contributed by atoms with van der Waals surface area (Å²) in [5.74, 6) is -0.00231. The molecule has 0 unspecified atom stereocenters. The number of carbonyl (C=O) groups excluding carboxylic acids is 1. The van der Waals surface area contributed by atoms with Gasteiger partial charge >= 0.3 is 0 Å². The van der Waals surface area contributed by atoms with Gasteiger partial charge in [0.15, 0.2) is 5.78 Å². The molecule has 0 saturated heterocycles. The summed E-state index contributed by atoms with van der Waals surface area (Å²) in [5.41, 5.74) is 6.09. The van der Waals surface area contributed by atoms with Gasteiger partial charge in [0.2, 0.25) is 0 Å². The summed E-state index contributed by atoms with van der Waals surface area (Å²) in [6, 6.07) is -0.395. The maximum absolute atomic E-state index is 11.1. The summed E-state index contributed by atoms with van der Waals surface area (Å²) in [6.45, 7) is 2.30. The highest BCUT2D eigenvalue weighted by Crippen LogP contribution is 2.11. The Kier molecular flexibility index (Phi) is 2.06. The van der Waals surface area contributed by atoms with Crippen LogP contribution >= 0.6 is 0 Å². The van der Waals surface area contributed by atoms with Crippen LogP contribution < -0.4 is 5.73 Å². The largest absolute Gasteiger partial charge is 0.500 e. The predicted molar refractivity (Wildman–Crippen MR) is 37.3 cm³/mol. The number of nitrogens with two attached hydrogens (primary N) is 1. The Balaban J connectivity index is 2.56. The Labute approximate surface area is 59.8 Å². The monoisotopic (exact) mass is 141 g/mol. The van der Waals surface area contributed by atoms with Gasteiger partial charge in [0.1, 0.15) is 0 Å². The molecule has 0 bridgehead atoms. The van der Waals surface area contributed by atoms with Crippen molar-refractivity contribution < 1.29 is 9.53 Å². The SMILES string of the molecule is C[C@@H](N)C(=O)C1=COCC1. The van der Waals surface area contributed by atoms with E-state index in [2.05, 4.69) is 0 Å². The summed E-state index contributed by atoms with van der Waals surface area (Å²) in [6.07, 6.45) is 2.21. The van der Waals surface area contributed by atoms with Gasteiger partial charge in [0.05, 0.1) is 18.9 Å². The Morgan fingerprint density at radius 3 is 3.00 bits per heavy atom. The zero-order valence-corrected chi connectivity index (χ0v) is 5.96. The van der Waals surface area contributed by atoms with E-state index in [4.69, 9.17) is 10.5 Å². The molecule has 0 radical (unpaired) electrons. The van der Waals surface area contributed by atoms with Crippen molar-refractivity contribution in [3.05, 3.63) is 11.8 Å². The van der Waals surface area contributed by atoms with E-state index in [1.807, 2.05) is 0 Å². The molecule has 0 aliphatic carbocycles. The highest BCUT2D eigenvalue weighted by atomic mass is 16.5. The quantitative estimate of drug-likeness (QED) is 0.598. The Morgan fingerprint density at radius 1 is 1.90 bits per heavy atom. The van der Waals surface area contributed by atoms with Gasteiger partial charge < -0.3 is 10.5 Å². The van der Waals surface area contributed by atoms with Gasteiger partial charge in [0, 0.05) is 12.0 Å². The summed E-state index contributed by atoms with van der Waals surface area (Å²) >= 11 is 0. The predicted octanol–water partition coefficient (Wildman–Crippen LogP) is 0.207. The number of rotatable bonds is 2. The van der Waals surface area contributed by atoms with E-state index in [0.717, 1.165) is 5.57 Å². The number of carbonyl (C=O) groups is 1. The van der Waals surface area contributed by atoms with Gasteiger partial charge in [-0.2, -0.15) is 0 Å². The molecule has 56 valence electrons. The van der Waals surface area contributed by atoms with Gasteiger partial charge in [0.25, 0.3) is 0 Å². The van der Waals surface area contributed by atoms with Crippen molar-refractivity contribution in [3.8, 4) is 0 Å². The molecule has 2 N–H and O–H groups in total. The van der Waals surface area contributed by atoms with Crippen molar-refractivity contribution in [3.63, 3.8) is 0 Å². The second-order valence-electron chi connectivity index (χ2n) is 2.42. The van der Waals surface area contributed by atoms with E-state index >= 15 is 0 Å². The summed E-state index contributed by atoms with van der Waals surface area (Å²) < 4.78 is 4.89. The third kappa shape index (κ3) is 1.36. The molecule has 0 fully saturated rings. The lowest BCUT2D eigenvalue weighted by molar-refractivity contribution is -0.116. The maximum Gasteiger partial charge on any atom is 0.178 e. The minimum Gasteiger partial charge on any atom is -0.500 e. The molecule has 1 atom stereocenters. The van der Waals surface area contributed by atoms with Gasteiger partial charge in [-0.05, 0) is 6.92 Å². The molecule has 1 heterocycles. The zero-order chi connectivity index (χ0) is 7.56. The Bertz CT molecular complexity index is 172. The van der Waals surface area contributed by atoms with Crippen molar-refractivity contribution in [1.82, 2.24) is 0 Å². The van der Waals surface area contributed by atoms with E-state index in [9.17, 15) is 4.79 Å². The van der Waals surface area contributed by atoms with Crippen LogP contribution in [0.5, 0.6) is 0 Å². The molecule has 0 aromatic carbocycles. The molecule has 1 aliphatic heterocycles. The first kappa shape index (κ1) is 7.28. The van der Waals surface area contributed by atoms with Crippen LogP contribution in [0.15, 0.2) is 11.8 Å². The second-order valence-corrected chi connectivity index (χ2v) is 2.42. The second kappa shape index (κ2) is 2.84.